The third-order valence-corrected chi connectivity index (χ3v) is 9.17. The molecule has 1 saturated heterocycles. The fourth-order valence-electron chi connectivity index (χ4n) is 4.67. The first kappa shape index (κ1) is 27.1. The van der Waals surface area contributed by atoms with Gasteiger partial charge in [0.1, 0.15) is 4.75 Å². The van der Waals surface area contributed by atoms with E-state index in [9.17, 15) is 39.2 Å². The lowest BCUT2D eigenvalue weighted by Gasteiger charge is -2.32. The molecule has 1 atom stereocenters. The number of halogens is 7. The predicted octanol–water partition coefficient (Wildman–Crippen LogP) is 6.23. The van der Waals surface area contributed by atoms with E-state index in [2.05, 4.69) is 5.32 Å². The van der Waals surface area contributed by atoms with Gasteiger partial charge in [0.2, 0.25) is 0 Å². The van der Waals surface area contributed by atoms with E-state index in [-0.39, 0.29) is 30.0 Å². The number of hydrogen-bond donors (Lipinski definition) is 1. The van der Waals surface area contributed by atoms with E-state index >= 15 is 0 Å². The highest BCUT2D eigenvalue weighted by Crippen LogP contribution is 2.53. The van der Waals surface area contributed by atoms with Crippen LogP contribution in [0.2, 0.25) is 0 Å². The Labute approximate surface area is 209 Å². The molecule has 1 N–H and O–H groups in total. The normalized spacial score (nSPS) is 19.2. The summed E-state index contributed by atoms with van der Waals surface area (Å²) in [5.41, 5.74) is -5.62. The fraction of sp³-hybridized carbons (Fsp3) is 0.308. The smallest absolute Gasteiger partial charge is 0.315 e. The molecule has 1 fully saturated rings. The molecule has 1 aliphatic heterocycles. The van der Waals surface area contributed by atoms with E-state index in [1.165, 1.54) is 12.1 Å². The van der Waals surface area contributed by atoms with Gasteiger partial charge in [-0.3, -0.25) is 0 Å². The first-order chi connectivity index (χ1) is 17.2. The average molecular weight is 546 g/mol. The zero-order chi connectivity index (χ0) is 27.1. The van der Waals surface area contributed by atoms with Crippen LogP contribution in [0.4, 0.5) is 30.7 Å². The zero-order valence-corrected chi connectivity index (χ0v) is 20.0. The van der Waals surface area contributed by atoms with Crippen LogP contribution in [0.3, 0.4) is 0 Å². The minimum Gasteiger partial charge on any atom is -0.315 e. The van der Waals surface area contributed by atoms with Gasteiger partial charge in [0.25, 0.3) is 0 Å². The summed E-state index contributed by atoms with van der Waals surface area (Å²) in [5.74, 6) is 0. The molecule has 3 aromatic carbocycles. The first-order valence-corrected chi connectivity index (χ1v) is 12.7. The van der Waals surface area contributed by atoms with Gasteiger partial charge in [-0.25, -0.2) is 12.8 Å². The second kappa shape index (κ2) is 9.43. The van der Waals surface area contributed by atoms with E-state index in [1.54, 1.807) is 12.1 Å². The highest BCUT2D eigenvalue weighted by Gasteiger charge is 2.73. The maximum absolute atomic E-state index is 14.5. The van der Waals surface area contributed by atoms with Crippen LogP contribution >= 0.6 is 0 Å². The zero-order valence-electron chi connectivity index (χ0n) is 19.2. The van der Waals surface area contributed by atoms with Crippen molar-refractivity contribution in [1.82, 2.24) is 5.32 Å². The van der Waals surface area contributed by atoms with Crippen molar-refractivity contribution in [2.45, 2.75) is 40.5 Å². The van der Waals surface area contributed by atoms with E-state index in [1.807, 2.05) is 30.3 Å². The molecule has 0 radical (unpaired) electrons. The van der Waals surface area contributed by atoms with E-state index < -0.39 is 38.2 Å². The molecule has 37 heavy (non-hydrogen) atoms. The summed E-state index contributed by atoms with van der Waals surface area (Å²) in [7, 11) is -4.17. The summed E-state index contributed by atoms with van der Waals surface area (Å²) in [6.45, 7) is 0.139. The van der Waals surface area contributed by atoms with Crippen molar-refractivity contribution in [3.63, 3.8) is 0 Å². The van der Waals surface area contributed by atoms with Gasteiger partial charge in [-0.15, -0.1) is 0 Å². The first-order valence-electron chi connectivity index (χ1n) is 11.2. The third-order valence-electron chi connectivity index (χ3n) is 6.68. The summed E-state index contributed by atoms with van der Waals surface area (Å²) < 4.78 is 120. The van der Waals surface area contributed by atoms with Crippen LogP contribution in [0.5, 0.6) is 0 Å². The molecular formula is C26H22F7NO2S. The molecule has 1 aliphatic rings. The van der Waals surface area contributed by atoms with Crippen LogP contribution < -0.4 is 5.32 Å². The Morgan fingerprint density at radius 3 is 1.89 bits per heavy atom. The van der Waals surface area contributed by atoms with Crippen molar-refractivity contribution in [1.29, 1.82) is 0 Å². The Bertz CT molecular complexity index is 1330. The molecule has 0 aromatic heterocycles. The van der Waals surface area contributed by atoms with Crippen LogP contribution in [-0.2, 0) is 26.7 Å². The van der Waals surface area contributed by atoms with Crippen LogP contribution in [0.1, 0.15) is 28.7 Å². The Hall–Kier alpha value is -2.92. The molecule has 0 bridgehead atoms. The molecule has 0 spiro atoms. The molecule has 1 unspecified atom stereocenters. The summed E-state index contributed by atoms with van der Waals surface area (Å²) in [6.07, 6.45) is -12.0. The number of alkyl halides is 7. The number of benzene rings is 3. The molecular weight excluding hydrogens is 523 g/mol. The van der Waals surface area contributed by atoms with Crippen molar-refractivity contribution in [2.75, 3.05) is 13.1 Å². The van der Waals surface area contributed by atoms with Crippen LogP contribution in [0.15, 0.2) is 83.8 Å². The largest absolute Gasteiger partial charge is 0.435 e. The van der Waals surface area contributed by atoms with Crippen molar-refractivity contribution in [3.8, 4) is 0 Å². The molecule has 0 amide bonds. The summed E-state index contributed by atoms with van der Waals surface area (Å²) in [6, 6.07) is 18.0. The molecule has 1 heterocycles. The highest BCUT2D eigenvalue weighted by molar-refractivity contribution is 7.92. The van der Waals surface area contributed by atoms with Crippen LogP contribution in [-0.4, -0.2) is 33.9 Å². The summed E-state index contributed by atoms with van der Waals surface area (Å²) >= 11 is 0. The minimum atomic E-state index is -6.26. The summed E-state index contributed by atoms with van der Waals surface area (Å²) in [4.78, 5) is -0.0286. The highest BCUT2D eigenvalue weighted by atomic mass is 32.2. The van der Waals surface area contributed by atoms with Crippen molar-refractivity contribution in [2.24, 2.45) is 0 Å². The number of rotatable bonds is 6. The van der Waals surface area contributed by atoms with Crippen molar-refractivity contribution >= 4 is 9.84 Å². The Morgan fingerprint density at radius 2 is 1.35 bits per heavy atom. The number of nitrogens with one attached hydrogen (secondary N) is 1. The Morgan fingerprint density at radius 1 is 0.757 bits per heavy atom. The van der Waals surface area contributed by atoms with Crippen molar-refractivity contribution < 1.29 is 39.2 Å². The maximum atomic E-state index is 14.5. The van der Waals surface area contributed by atoms with Gasteiger partial charge in [0.05, 0.1) is 4.90 Å². The monoisotopic (exact) mass is 545 g/mol. The fourth-order valence-corrected chi connectivity index (χ4v) is 6.80. The van der Waals surface area contributed by atoms with Gasteiger partial charge in [0.15, 0.2) is 9.84 Å². The molecule has 3 aromatic rings. The standard InChI is InChI=1S/C26H22F7NO2S/c27-24(25(28,29)30,26(31,32)33)21-11-9-20(10-12-21)23(13-14-34-17-23)37(35,36)22-8-4-7-19(16-22)15-18-5-2-1-3-6-18/h1-12,16,34H,13-15,17H2. The topological polar surface area (TPSA) is 46.2 Å². The van der Waals surface area contributed by atoms with Crippen LogP contribution in [0.25, 0.3) is 0 Å². The molecule has 198 valence electrons. The van der Waals surface area contributed by atoms with Gasteiger partial charge in [-0.05, 0) is 48.2 Å². The lowest BCUT2D eigenvalue weighted by atomic mass is 9.90. The second-order valence-corrected chi connectivity index (χ2v) is 11.2. The Kier molecular flexibility index (Phi) is 6.91. The maximum Gasteiger partial charge on any atom is 0.435 e. The van der Waals surface area contributed by atoms with E-state index in [0.717, 1.165) is 17.7 Å². The van der Waals surface area contributed by atoms with Gasteiger partial charge >= 0.3 is 18.0 Å². The lowest BCUT2D eigenvalue weighted by Crippen LogP contribution is -2.50. The van der Waals surface area contributed by atoms with E-state index in [4.69, 9.17) is 0 Å². The quantitative estimate of drug-likeness (QED) is 0.374. The average Bonchev–Trinajstić information content (AvgIpc) is 3.35. The molecule has 0 aliphatic carbocycles. The molecule has 4 rings (SSSR count). The van der Waals surface area contributed by atoms with E-state index in [0.29, 0.717) is 24.1 Å². The van der Waals surface area contributed by atoms with Crippen molar-refractivity contribution in [3.05, 3.63) is 101 Å². The van der Waals surface area contributed by atoms with Gasteiger partial charge in [0, 0.05) is 12.1 Å². The molecule has 3 nitrogen and oxygen atoms in total. The molecule has 0 saturated carbocycles. The Balaban J connectivity index is 1.75. The third kappa shape index (κ3) is 4.63. The van der Waals surface area contributed by atoms with Gasteiger partial charge in [-0.1, -0.05) is 66.7 Å². The van der Waals surface area contributed by atoms with Gasteiger partial charge < -0.3 is 5.32 Å². The minimum absolute atomic E-state index is 0.0247. The second-order valence-electron chi connectivity index (χ2n) is 8.97. The van der Waals surface area contributed by atoms with Crippen LogP contribution in [0, 0.1) is 0 Å². The molecule has 11 heteroatoms. The number of sulfone groups is 1. The lowest BCUT2D eigenvalue weighted by molar-refractivity contribution is -0.348. The number of hydrogen-bond acceptors (Lipinski definition) is 3. The SMILES string of the molecule is O=S(=O)(c1cccc(Cc2ccccc2)c1)C1(c2ccc(C(F)(C(F)(F)F)C(F)(F)F)cc2)CCNC1. The summed E-state index contributed by atoms with van der Waals surface area (Å²) in [5, 5.41) is 2.92. The predicted molar refractivity (Wildman–Crippen MR) is 123 cm³/mol. The van der Waals surface area contributed by atoms with Gasteiger partial charge in [-0.2, -0.15) is 26.3 Å².